The van der Waals surface area contributed by atoms with Crippen molar-refractivity contribution >= 4 is 5.91 Å². The molecule has 0 spiro atoms. The zero-order chi connectivity index (χ0) is 10.8. The zero-order valence-corrected chi connectivity index (χ0v) is 8.81. The fourth-order valence-electron chi connectivity index (χ4n) is 2.15. The van der Waals surface area contributed by atoms with Crippen molar-refractivity contribution in [3.8, 4) is 0 Å². The Morgan fingerprint density at radius 3 is 3.13 bits per heavy atom. The van der Waals surface area contributed by atoms with E-state index in [0.717, 1.165) is 24.9 Å². The first-order chi connectivity index (χ1) is 7.18. The lowest BCUT2D eigenvalue weighted by Gasteiger charge is -2.29. The van der Waals surface area contributed by atoms with Crippen LogP contribution < -0.4 is 11.1 Å². The Morgan fingerprint density at radius 1 is 1.73 bits per heavy atom. The fraction of sp³-hybridized carbons (Fsp3) is 0.600. The largest absolute Gasteiger partial charge is 0.369 e. The minimum absolute atomic E-state index is 0.0324. The number of hydrogen-bond acceptors (Lipinski definition) is 3. The van der Waals surface area contributed by atoms with Crippen molar-refractivity contribution in [2.75, 3.05) is 6.54 Å². The second kappa shape index (κ2) is 4.02. The number of nitrogens with two attached hydrogens (primary N) is 1. The first kappa shape index (κ1) is 10.2. The van der Waals surface area contributed by atoms with Crippen LogP contribution in [0.4, 0.5) is 0 Å². The maximum atomic E-state index is 11.3. The second-order valence-corrected chi connectivity index (χ2v) is 4.03. The SMILES string of the molecule is Cn1cc(C2NCCCC2C(N)=O)cn1. The average Bonchev–Trinajstić information content (AvgIpc) is 2.65. The number of hydrogen-bond donors (Lipinski definition) is 2. The summed E-state index contributed by atoms with van der Waals surface area (Å²) in [5, 5.41) is 7.44. The van der Waals surface area contributed by atoms with Crippen LogP contribution in [0, 0.1) is 5.92 Å². The summed E-state index contributed by atoms with van der Waals surface area (Å²) in [5.74, 6) is -0.334. The molecular weight excluding hydrogens is 192 g/mol. The van der Waals surface area contributed by atoms with Gasteiger partial charge >= 0.3 is 0 Å². The summed E-state index contributed by atoms with van der Waals surface area (Å²) in [6.45, 7) is 0.934. The molecule has 1 aromatic heterocycles. The van der Waals surface area contributed by atoms with Crippen molar-refractivity contribution < 1.29 is 4.79 Å². The van der Waals surface area contributed by atoms with Gasteiger partial charge in [-0.1, -0.05) is 0 Å². The normalized spacial score (nSPS) is 26.5. The summed E-state index contributed by atoms with van der Waals surface area (Å²) in [6, 6.07) is 0.0324. The Bertz CT molecular complexity index is 360. The number of amides is 1. The molecule has 2 heterocycles. The third kappa shape index (κ3) is 2.02. The van der Waals surface area contributed by atoms with E-state index in [2.05, 4.69) is 10.4 Å². The van der Waals surface area contributed by atoms with Gasteiger partial charge in [0, 0.05) is 24.8 Å². The molecule has 1 saturated heterocycles. The van der Waals surface area contributed by atoms with Crippen molar-refractivity contribution in [2.24, 2.45) is 18.7 Å². The summed E-state index contributed by atoms with van der Waals surface area (Å²) in [7, 11) is 1.87. The van der Waals surface area contributed by atoms with Gasteiger partial charge in [0.2, 0.25) is 5.91 Å². The molecule has 2 unspecified atom stereocenters. The van der Waals surface area contributed by atoms with E-state index in [1.54, 1.807) is 10.9 Å². The Kier molecular flexibility index (Phi) is 2.73. The van der Waals surface area contributed by atoms with E-state index in [4.69, 9.17) is 5.73 Å². The van der Waals surface area contributed by atoms with E-state index in [1.807, 2.05) is 13.2 Å². The van der Waals surface area contributed by atoms with Crippen molar-refractivity contribution in [1.82, 2.24) is 15.1 Å². The van der Waals surface area contributed by atoms with Gasteiger partial charge in [0.05, 0.1) is 12.1 Å². The number of rotatable bonds is 2. The number of nitrogens with zero attached hydrogens (tertiary/aromatic N) is 2. The molecule has 2 atom stereocenters. The molecule has 0 aliphatic carbocycles. The van der Waals surface area contributed by atoms with E-state index >= 15 is 0 Å². The molecule has 2 rings (SSSR count). The molecule has 0 saturated carbocycles. The fourth-order valence-corrected chi connectivity index (χ4v) is 2.15. The minimum atomic E-state index is -0.226. The molecule has 1 aromatic rings. The molecule has 15 heavy (non-hydrogen) atoms. The lowest BCUT2D eigenvalue weighted by molar-refractivity contribution is -0.123. The number of primary amides is 1. The smallest absolute Gasteiger partial charge is 0.222 e. The summed E-state index contributed by atoms with van der Waals surface area (Å²) in [4.78, 5) is 11.3. The first-order valence-corrected chi connectivity index (χ1v) is 5.19. The maximum absolute atomic E-state index is 11.3. The van der Waals surface area contributed by atoms with Gasteiger partial charge in [-0.15, -0.1) is 0 Å². The predicted molar refractivity (Wildman–Crippen MR) is 55.9 cm³/mol. The van der Waals surface area contributed by atoms with Crippen molar-refractivity contribution in [2.45, 2.75) is 18.9 Å². The number of piperidine rings is 1. The molecule has 5 heteroatoms. The monoisotopic (exact) mass is 208 g/mol. The van der Waals surface area contributed by atoms with Gasteiger partial charge in [-0.25, -0.2) is 0 Å². The maximum Gasteiger partial charge on any atom is 0.222 e. The first-order valence-electron chi connectivity index (χ1n) is 5.19. The van der Waals surface area contributed by atoms with E-state index < -0.39 is 0 Å². The highest BCUT2D eigenvalue weighted by Gasteiger charge is 2.30. The van der Waals surface area contributed by atoms with Gasteiger partial charge in [0.1, 0.15) is 0 Å². The molecule has 1 amide bonds. The summed E-state index contributed by atoms with van der Waals surface area (Å²) in [5.41, 5.74) is 6.44. The highest BCUT2D eigenvalue weighted by Crippen LogP contribution is 2.28. The van der Waals surface area contributed by atoms with Gasteiger partial charge in [0.15, 0.2) is 0 Å². The number of aromatic nitrogens is 2. The Morgan fingerprint density at radius 2 is 2.53 bits per heavy atom. The van der Waals surface area contributed by atoms with Crippen LogP contribution in [0.5, 0.6) is 0 Å². The molecule has 5 nitrogen and oxygen atoms in total. The average molecular weight is 208 g/mol. The molecule has 82 valence electrons. The highest BCUT2D eigenvalue weighted by atomic mass is 16.1. The standard InChI is InChI=1S/C10H16N4O/c1-14-6-7(5-13-14)9-8(10(11)15)3-2-4-12-9/h5-6,8-9,12H,2-4H2,1H3,(H2,11,15). The zero-order valence-electron chi connectivity index (χ0n) is 8.81. The van der Waals surface area contributed by atoms with E-state index in [-0.39, 0.29) is 17.9 Å². The Balaban J connectivity index is 2.21. The van der Waals surface area contributed by atoms with Crippen LogP contribution in [-0.2, 0) is 11.8 Å². The van der Waals surface area contributed by atoms with Crippen molar-refractivity contribution in [3.05, 3.63) is 18.0 Å². The van der Waals surface area contributed by atoms with Crippen LogP contribution in [0.15, 0.2) is 12.4 Å². The third-order valence-electron chi connectivity index (χ3n) is 2.91. The van der Waals surface area contributed by atoms with Gasteiger partial charge in [-0.05, 0) is 19.4 Å². The van der Waals surface area contributed by atoms with E-state index in [9.17, 15) is 4.79 Å². The quantitative estimate of drug-likeness (QED) is 0.715. The van der Waals surface area contributed by atoms with Crippen LogP contribution in [0.25, 0.3) is 0 Å². The second-order valence-electron chi connectivity index (χ2n) is 4.03. The molecule has 0 radical (unpaired) electrons. The molecule has 1 aliphatic heterocycles. The number of carbonyl (C=O) groups excluding carboxylic acids is 1. The molecule has 0 aromatic carbocycles. The number of carbonyl (C=O) groups is 1. The molecule has 0 bridgehead atoms. The van der Waals surface area contributed by atoms with Crippen LogP contribution in [0.1, 0.15) is 24.4 Å². The molecule has 3 N–H and O–H groups in total. The van der Waals surface area contributed by atoms with E-state index in [1.165, 1.54) is 0 Å². The molecular formula is C10H16N4O. The lowest BCUT2D eigenvalue weighted by atomic mass is 9.87. The minimum Gasteiger partial charge on any atom is -0.369 e. The number of nitrogens with one attached hydrogen (secondary N) is 1. The van der Waals surface area contributed by atoms with Gasteiger partial charge in [-0.2, -0.15) is 5.10 Å². The van der Waals surface area contributed by atoms with Crippen LogP contribution >= 0.6 is 0 Å². The van der Waals surface area contributed by atoms with Crippen molar-refractivity contribution in [1.29, 1.82) is 0 Å². The summed E-state index contributed by atoms with van der Waals surface area (Å²) < 4.78 is 1.74. The summed E-state index contributed by atoms with van der Waals surface area (Å²) in [6.07, 6.45) is 5.59. The molecule has 1 fully saturated rings. The topological polar surface area (TPSA) is 72.9 Å². The number of aryl methyl sites for hydroxylation is 1. The Labute approximate surface area is 88.6 Å². The lowest BCUT2D eigenvalue weighted by Crippen LogP contribution is -2.40. The Hall–Kier alpha value is -1.36. The van der Waals surface area contributed by atoms with Gasteiger partial charge in [-0.3, -0.25) is 9.48 Å². The van der Waals surface area contributed by atoms with Gasteiger partial charge in [0.25, 0.3) is 0 Å². The van der Waals surface area contributed by atoms with Crippen LogP contribution in [0.2, 0.25) is 0 Å². The third-order valence-corrected chi connectivity index (χ3v) is 2.91. The van der Waals surface area contributed by atoms with Gasteiger partial charge < -0.3 is 11.1 Å². The highest BCUT2D eigenvalue weighted by molar-refractivity contribution is 5.77. The predicted octanol–water partition coefficient (Wildman–Crippen LogP) is -0.0539. The summed E-state index contributed by atoms with van der Waals surface area (Å²) >= 11 is 0. The van der Waals surface area contributed by atoms with Crippen molar-refractivity contribution in [3.63, 3.8) is 0 Å². The van der Waals surface area contributed by atoms with Crippen LogP contribution in [-0.4, -0.2) is 22.2 Å². The molecule has 1 aliphatic rings. The van der Waals surface area contributed by atoms with E-state index in [0.29, 0.717) is 0 Å². The van der Waals surface area contributed by atoms with Crippen LogP contribution in [0.3, 0.4) is 0 Å².